The van der Waals surface area contributed by atoms with Gasteiger partial charge in [0.05, 0.1) is 21.8 Å². The normalized spacial score (nSPS) is 17.7. The molecule has 0 bridgehead atoms. The number of aromatic amines is 1. The summed E-state index contributed by atoms with van der Waals surface area (Å²) >= 11 is 15.0. The quantitative estimate of drug-likeness (QED) is 0.573. The van der Waals surface area contributed by atoms with Gasteiger partial charge in [0.1, 0.15) is 0 Å². The van der Waals surface area contributed by atoms with Crippen LogP contribution >= 0.6 is 34.5 Å². The van der Waals surface area contributed by atoms with Gasteiger partial charge >= 0.3 is 0 Å². The van der Waals surface area contributed by atoms with Crippen molar-refractivity contribution in [1.29, 1.82) is 0 Å². The number of pyridine rings is 1. The molecule has 0 spiro atoms. The third kappa shape index (κ3) is 3.41. The molecule has 0 radical (unpaired) electrons. The van der Waals surface area contributed by atoms with Crippen LogP contribution in [-0.2, 0) is 13.0 Å². The molecule has 1 fully saturated rings. The molecule has 0 saturated carbocycles. The molecule has 1 atom stereocenters. The van der Waals surface area contributed by atoms with E-state index in [0.29, 0.717) is 40.1 Å². The minimum Gasteiger partial charge on any atom is -0.334 e. The average molecular weight is 476 g/mol. The number of nitrogens with one attached hydrogen (secondary N) is 2. The zero-order valence-corrected chi connectivity index (χ0v) is 19.7. The number of benzene rings is 1. The summed E-state index contributed by atoms with van der Waals surface area (Å²) in [5.74, 6) is 0.543. The van der Waals surface area contributed by atoms with Crippen LogP contribution in [-0.4, -0.2) is 35.4 Å². The molecule has 1 unspecified atom stereocenters. The number of hydrogen-bond acceptors (Lipinski definition) is 4. The summed E-state index contributed by atoms with van der Waals surface area (Å²) in [7, 11) is 0. The monoisotopic (exact) mass is 475 g/mol. The Morgan fingerprint density at radius 3 is 2.77 bits per heavy atom. The number of aromatic nitrogens is 1. The predicted octanol–water partition coefficient (Wildman–Crippen LogP) is 4.73. The van der Waals surface area contributed by atoms with E-state index >= 15 is 0 Å². The lowest BCUT2D eigenvalue weighted by Gasteiger charge is -2.35. The molecule has 0 aliphatic carbocycles. The summed E-state index contributed by atoms with van der Waals surface area (Å²) in [6, 6.07) is 3.89. The lowest BCUT2D eigenvalue weighted by Crippen LogP contribution is -2.45. The number of carbonyl (C=O) groups excluding carboxylic acids is 1. The Hall–Kier alpha value is -1.86. The van der Waals surface area contributed by atoms with Gasteiger partial charge in [-0.15, -0.1) is 11.3 Å². The number of H-pyrrole nitrogens is 1. The Morgan fingerprint density at radius 2 is 2.06 bits per heavy atom. The standard InChI is InChI=1S/C23H23Cl2N3O2S/c1-11(13-8-26-9-13)16-7-18(24)15-3-5-28(23(30)19(15)20(16)25)10-17-14-4-6-31-21(14)12(2)27-22(17)29/h4,6-7,11,13,26H,3,5,8-10H2,1-2H3,(H,27,29). The second-order valence-corrected chi connectivity index (χ2v) is 10.2. The van der Waals surface area contributed by atoms with Crippen molar-refractivity contribution in [1.82, 2.24) is 15.2 Å². The minimum absolute atomic E-state index is 0.147. The molecular formula is C23H23Cl2N3O2S. The lowest BCUT2D eigenvalue weighted by atomic mass is 9.82. The molecular weight excluding hydrogens is 453 g/mol. The Morgan fingerprint density at radius 1 is 1.29 bits per heavy atom. The second-order valence-electron chi connectivity index (χ2n) is 8.52. The maximum atomic E-state index is 13.5. The molecule has 5 nitrogen and oxygen atoms in total. The lowest BCUT2D eigenvalue weighted by molar-refractivity contribution is 0.0727. The van der Waals surface area contributed by atoms with Gasteiger partial charge in [0, 0.05) is 28.2 Å². The van der Waals surface area contributed by atoms with Crippen molar-refractivity contribution in [2.75, 3.05) is 19.6 Å². The average Bonchev–Trinajstić information content (AvgIpc) is 3.17. The second kappa shape index (κ2) is 7.93. The van der Waals surface area contributed by atoms with E-state index < -0.39 is 0 Å². The van der Waals surface area contributed by atoms with Gasteiger partial charge < -0.3 is 15.2 Å². The molecule has 162 valence electrons. The summed E-state index contributed by atoms with van der Waals surface area (Å²) in [6.45, 7) is 6.68. The number of hydrogen-bond donors (Lipinski definition) is 2. The largest absolute Gasteiger partial charge is 0.334 e. The van der Waals surface area contributed by atoms with Gasteiger partial charge in [-0.1, -0.05) is 30.1 Å². The van der Waals surface area contributed by atoms with E-state index in [9.17, 15) is 9.59 Å². The van der Waals surface area contributed by atoms with E-state index in [1.807, 2.05) is 24.4 Å². The molecule has 3 aromatic rings. The number of amides is 1. The smallest absolute Gasteiger partial charge is 0.256 e. The van der Waals surface area contributed by atoms with Gasteiger partial charge in [-0.05, 0) is 66.9 Å². The number of nitrogens with zero attached hydrogens (tertiary/aromatic N) is 1. The summed E-state index contributed by atoms with van der Waals surface area (Å²) in [5, 5.41) is 7.29. The van der Waals surface area contributed by atoms with Gasteiger partial charge in [0.25, 0.3) is 11.5 Å². The number of carbonyl (C=O) groups is 1. The molecule has 2 aromatic heterocycles. The van der Waals surface area contributed by atoms with Crippen LogP contribution < -0.4 is 10.9 Å². The van der Waals surface area contributed by atoms with E-state index in [-0.39, 0.29) is 23.9 Å². The highest BCUT2D eigenvalue weighted by Gasteiger charge is 2.34. The van der Waals surface area contributed by atoms with Crippen LogP contribution in [0.15, 0.2) is 22.3 Å². The molecule has 31 heavy (non-hydrogen) atoms. The predicted molar refractivity (Wildman–Crippen MR) is 127 cm³/mol. The zero-order valence-electron chi connectivity index (χ0n) is 17.4. The molecule has 4 heterocycles. The fourth-order valence-electron chi connectivity index (χ4n) is 4.67. The van der Waals surface area contributed by atoms with Crippen molar-refractivity contribution in [3.05, 3.63) is 65.9 Å². The van der Waals surface area contributed by atoms with Crippen molar-refractivity contribution in [2.24, 2.45) is 5.92 Å². The molecule has 2 aliphatic rings. The molecule has 2 aliphatic heterocycles. The summed E-state index contributed by atoms with van der Waals surface area (Å²) in [6.07, 6.45) is 0.621. The van der Waals surface area contributed by atoms with Crippen molar-refractivity contribution < 1.29 is 4.79 Å². The first-order chi connectivity index (χ1) is 14.9. The van der Waals surface area contributed by atoms with Gasteiger partial charge in [0.15, 0.2) is 0 Å². The number of rotatable bonds is 4. The van der Waals surface area contributed by atoms with Crippen molar-refractivity contribution in [2.45, 2.75) is 32.7 Å². The SMILES string of the molecule is Cc1[nH]c(=O)c(CN2CCc3c(Cl)cc(C(C)C4CNC4)c(Cl)c3C2=O)c2ccsc12. The van der Waals surface area contributed by atoms with E-state index in [1.165, 1.54) is 0 Å². The van der Waals surface area contributed by atoms with E-state index in [0.717, 1.165) is 40.0 Å². The van der Waals surface area contributed by atoms with Crippen LogP contribution in [0.1, 0.15) is 45.6 Å². The maximum Gasteiger partial charge on any atom is 0.256 e. The maximum absolute atomic E-state index is 13.5. The van der Waals surface area contributed by atoms with E-state index in [2.05, 4.69) is 17.2 Å². The molecule has 5 rings (SSSR count). The minimum atomic E-state index is -0.155. The van der Waals surface area contributed by atoms with Crippen molar-refractivity contribution in [3.8, 4) is 0 Å². The summed E-state index contributed by atoms with van der Waals surface area (Å²) < 4.78 is 1.05. The van der Waals surface area contributed by atoms with Crippen LogP contribution in [0.4, 0.5) is 0 Å². The van der Waals surface area contributed by atoms with Gasteiger partial charge in [-0.2, -0.15) is 0 Å². The summed E-state index contributed by atoms with van der Waals surface area (Å²) in [4.78, 5) is 30.9. The highest BCUT2D eigenvalue weighted by molar-refractivity contribution is 7.17. The molecule has 8 heteroatoms. The third-order valence-electron chi connectivity index (χ3n) is 6.74. The van der Waals surface area contributed by atoms with Crippen LogP contribution in [0.25, 0.3) is 10.1 Å². The highest BCUT2D eigenvalue weighted by Crippen LogP contribution is 2.41. The fourth-order valence-corrected chi connectivity index (χ4v) is 6.28. The first-order valence-electron chi connectivity index (χ1n) is 10.5. The van der Waals surface area contributed by atoms with Crippen LogP contribution in [0.5, 0.6) is 0 Å². The Balaban J connectivity index is 1.53. The van der Waals surface area contributed by atoms with Crippen molar-refractivity contribution >= 4 is 50.5 Å². The van der Waals surface area contributed by atoms with E-state index in [1.54, 1.807) is 16.2 Å². The number of fused-ring (bicyclic) bond motifs is 2. The third-order valence-corrected chi connectivity index (χ3v) is 8.52. The Bertz CT molecular complexity index is 1260. The first-order valence-corrected chi connectivity index (χ1v) is 12.1. The molecule has 1 aromatic carbocycles. The van der Waals surface area contributed by atoms with Crippen molar-refractivity contribution in [3.63, 3.8) is 0 Å². The Kier molecular flexibility index (Phi) is 5.37. The van der Waals surface area contributed by atoms with Crippen LogP contribution in [0.3, 0.4) is 0 Å². The molecule has 1 saturated heterocycles. The number of thiophene rings is 1. The first kappa shape index (κ1) is 21.0. The number of halogens is 2. The topological polar surface area (TPSA) is 65.2 Å². The highest BCUT2D eigenvalue weighted by atomic mass is 35.5. The molecule has 1 amide bonds. The number of aryl methyl sites for hydroxylation is 1. The van der Waals surface area contributed by atoms with Gasteiger partial charge in [-0.25, -0.2) is 0 Å². The van der Waals surface area contributed by atoms with Gasteiger partial charge in [-0.3, -0.25) is 9.59 Å². The van der Waals surface area contributed by atoms with E-state index in [4.69, 9.17) is 23.2 Å². The summed E-state index contributed by atoms with van der Waals surface area (Å²) in [5.41, 5.74) is 3.57. The van der Waals surface area contributed by atoms with Gasteiger partial charge in [0.2, 0.25) is 0 Å². The zero-order chi connectivity index (χ0) is 21.9. The molecule has 2 N–H and O–H groups in total. The van der Waals surface area contributed by atoms with Crippen LogP contribution in [0.2, 0.25) is 10.0 Å². The van der Waals surface area contributed by atoms with Crippen LogP contribution in [0, 0.1) is 12.8 Å². The Labute approximate surface area is 194 Å². The fraction of sp³-hybridized carbons (Fsp3) is 0.391.